The van der Waals surface area contributed by atoms with Crippen molar-refractivity contribution in [1.82, 2.24) is 0 Å². The van der Waals surface area contributed by atoms with E-state index in [0.717, 1.165) is 6.16 Å². The predicted molar refractivity (Wildman–Crippen MR) is 47.7 cm³/mol. The van der Waals surface area contributed by atoms with Crippen molar-refractivity contribution < 1.29 is 9.67 Å². The second-order valence-corrected chi connectivity index (χ2v) is 7.88. The van der Waals surface area contributed by atoms with E-state index in [-0.39, 0.29) is 5.66 Å². The van der Waals surface area contributed by atoms with E-state index in [1.165, 1.54) is 0 Å². The Bertz CT molecular complexity index is 196. The Morgan fingerprint density at radius 3 is 2.27 bits per heavy atom. The number of aliphatic hydroxyl groups is 1. The van der Waals surface area contributed by atoms with Crippen molar-refractivity contribution in [3.63, 3.8) is 0 Å². The Labute approximate surface area is 68.4 Å². The number of hydrogen-bond acceptors (Lipinski definition) is 2. The van der Waals surface area contributed by atoms with Crippen LogP contribution in [0.4, 0.5) is 0 Å². The van der Waals surface area contributed by atoms with Crippen LogP contribution in [0.5, 0.6) is 0 Å². The van der Waals surface area contributed by atoms with Gasteiger partial charge < -0.3 is 9.67 Å². The molecule has 1 saturated heterocycles. The molecule has 2 nitrogen and oxygen atoms in total. The molecule has 2 unspecified atom stereocenters. The Morgan fingerprint density at radius 1 is 1.55 bits per heavy atom. The molecule has 0 spiro atoms. The summed E-state index contributed by atoms with van der Waals surface area (Å²) in [6.07, 6.45) is 1.97. The highest BCUT2D eigenvalue weighted by molar-refractivity contribution is 7.65. The van der Waals surface area contributed by atoms with Crippen LogP contribution in [0.1, 0.15) is 27.2 Å². The van der Waals surface area contributed by atoms with Crippen molar-refractivity contribution >= 4 is 7.14 Å². The molecule has 2 atom stereocenters. The normalized spacial score (nSPS) is 45.2. The van der Waals surface area contributed by atoms with Crippen molar-refractivity contribution in [1.29, 1.82) is 0 Å². The van der Waals surface area contributed by atoms with Crippen LogP contribution < -0.4 is 0 Å². The molecule has 0 amide bonds. The van der Waals surface area contributed by atoms with Gasteiger partial charge in [-0.15, -0.1) is 0 Å². The lowest BCUT2D eigenvalue weighted by atomic mass is 10.1. The molecule has 0 aromatic carbocycles. The Kier molecular flexibility index (Phi) is 2.19. The van der Waals surface area contributed by atoms with Crippen LogP contribution in [0, 0.1) is 0 Å². The van der Waals surface area contributed by atoms with Gasteiger partial charge >= 0.3 is 0 Å². The first-order valence-corrected chi connectivity index (χ1v) is 6.31. The highest BCUT2D eigenvalue weighted by Crippen LogP contribution is 2.58. The third-order valence-electron chi connectivity index (χ3n) is 2.58. The Balaban J connectivity index is 2.74. The van der Waals surface area contributed by atoms with E-state index in [2.05, 4.69) is 0 Å². The van der Waals surface area contributed by atoms with Gasteiger partial charge in [-0.1, -0.05) is 13.8 Å². The van der Waals surface area contributed by atoms with Gasteiger partial charge in [0.2, 0.25) is 0 Å². The summed E-state index contributed by atoms with van der Waals surface area (Å²) in [6.45, 7) is 5.76. The van der Waals surface area contributed by atoms with Crippen LogP contribution in [0.3, 0.4) is 0 Å². The Morgan fingerprint density at radius 2 is 2.09 bits per heavy atom. The summed E-state index contributed by atoms with van der Waals surface area (Å²) >= 11 is 0. The smallest absolute Gasteiger partial charge is 0.0930 e. The second kappa shape index (κ2) is 2.60. The molecule has 1 heterocycles. The van der Waals surface area contributed by atoms with Gasteiger partial charge in [0.25, 0.3) is 0 Å². The minimum Gasteiger partial charge on any atom is -0.390 e. The zero-order valence-electron chi connectivity index (χ0n) is 7.50. The molecule has 0 aromatic heterocycles. The third-order valence-corrected chi connectivity index (χ3v) is 6.66. The monoisotopic (exact) mass is 176 g/mol. The maximum atomic E-state index is 12.0. The lowest BCUT2D eigenvalue weighted by Crippen LogP contribution is -2.23. The fourth-order valence-electron chi connectivity index (χ4n) is 1.61. The lowest BCUT2D eigenvalue weighted by molar-refractivity contribution is 0.0882. The summed E-state index contributed by atoms with van der Waals surface area (Å²) in [6, 6.07) is 0. The zero-order valence-corrected chi connectivity index (χ0v) is 8.40. The van der Waals surface area contributed by atoms with E-state index >= 15 is 0 Å². The molecular weight excluding hydrogens is 159 g/mol. The fourth-order valence-corrected chi connectivity index (χ4v) is 4.82. The molecule has 1 rings (SSSR count). The van der Waals surface area contributed by atoms with Gasteiger partial charge in [-0.05, 0) is 13.3 Å². The SMILES string of the molecule is CC(C)P1(=O)CCC(C)(O)C1. The summed E-state index contributed by atoms with van der Waals surface area (Å²) in [4.78, 5) is 0. The minimum atomic E-state index is -2.01. The first kappa shape index (κ1) is 9.28. The van der Waals surface area contributed by atoms with E-state index in [1.807, 2.05) is 13.8 Å². The minimum absolute atomic E-state index is 0.247. The molecule has 0 saturated carbocycles. The summed E-state index contributed by atoms with van der Waals surface area (Å²) in [5, 5.41) is 9.61. The number of rotatable bonds is 1. The maximum Gasteiger partial charge on any atom is 0.0930 e. The summed E-state index contributed by atoms with van der Waals surface area (Å²) in [5.74, 6) is 0. The molecule has 3 heteroatoms. The average molecular weight is 176 g/mol. The van der Waals surface area contributed by atoms with Gasteiger partial charge in [0.15, 0.2) is 0 Å². The fraction of sp³-hybridized carbons (Fsp3) is 1.00. The largest absolute Gasteiger partial charge is 0.390 e. The molecule has 1 N–H and O–H groups in total. The van der Waals surface area contributed by atoms with Gasteiger partial charge in [-0.2, -0.15) is 0 Å². The first-order chi connectivity index (χ1) is 4.86. The van der Waals surface area contributed by atoms with E-state index in [9.17, 15) is 9.67 Å². The maximum absolute atomic E-state index is 12.0. The first-order valence-electron chi connectivity index (χ1n) is 4.16. The summed E-state index contributed by atoms with van der Waals surface area (Å²) in [5.41, 5.74) is -0.406. The second-order valence-electron chi connectivity index (χ2n) is 4.17. The molecule has 1 aliphatic rings. The number of hydrogen-bond donors (Lipinski definition) is 1. The molecule has 0 radical (unpaired) electrons. The van der Waals surface area contributed by atoms with Crippen LogP contribution in [0.15, 0.2) is 0 Å². The zero-order chi connectivity index (χ0) is 8.70. The van der Waals surface area contributed by atoms with Crippen LogP contribution >= 0.6 is 7.14 Å². The van der Waals surface area contributed by atoms with Crippen LogP contribution in [-0.4, -0.2) is 28.7 Å². The summed E-state index contributed by atoms with van der Waals surface area (Å²) < 4.78 is 12.0. The highest BCUT2D eigenvalue weighted by atomic mass is 31.2. The third kappa shape index (κ3) is 1.86. The molecular formula is C8H17O2P. The predicted octanol–water partition coefficient (Wildman–Crippen LogP) is 1.91. The Hall–Kier alpha value is 0.190. The van der Waals surface area contributed by atoms with Gasteiger partial charge in [-0.25, -0.2) is 0 Å². The van der Waals surface area contributed by atoms with Gasteiger partial charge in [-0.3, -0.25) is 0 Å². The van der Waals surface area contributed by atoms with E-state index in [1.54, 1.807) is 6.92 Å². The molecule has 1 aliphatic heterocycles. The molecule has 0 aliphatic carbocycles. The van der Waals surface area contributed by atoms with Crippen molar-refractivity contribution in [2.45, 2.75) is 38.5 Å². The van der Waals surface area contributed by atoms with Crippen molar-refractivity contribution in [2.75, 3.05) is 12.3 Å². The molecule has 1 fully saturated rings. The molecule has 11 heavy (non-hydrogen) atoms. The van der Waals surface area contributed by atoms with Crippen LogP contribution in [0.2, 0.25) is 0 Å². The lowest BCUT2D eigenvalue weighted by Gasteiger charge is -2.18. The van der Waals surface area contributed by atoms with Crippen molar-refractivity contribution in [3.05, 3.63) is 0 Å². The molecule has 66 valence electrons. The molecule has 0 aromatic rings. The summed E-state index contributed by atoms with van der Waals surface area (Å²) in [7, 11) is -2.01. The topological polar surface area (TPSA) is 37.3 Å². The van der Waals surface area contributed by atoms with Crippen molar-refractivity contribution in [2.24, 2.45) is 0 Å². The van der Waals surface area contributed by atoms with E-state index in [4.69, 9.17) is 0 Å². The van der Waals surface area contributed by atoms with Gasteiger partial charge in [0.05, 0.1) is 12.7 Å². The van der Waals surface area contributed by atoms with E-state index in [0.29, 0.717) is 12.6 Å². The van der Waals surface area contributed by atoms with Crippen LogP contribution in [0.25, 0.3) is 0 Å². The van der Waals surface area contributed by atoms with Gasteiger partial charge in [0.1, 0.15) is 0 Å². The standard InChI is InChI=1S/C8H17O2P/c1-7(2)11(10)5-4-8(3,9)6-11/h7,9H,4-6H2,1-3H3. The molecule has 0 bridgehead atoms. The highest BCUT2D eigenvalue weighted by Gasteiger charge is 2.42. The van der Waals surface area contributed by atoms with Crippen molar-refractivity contribution in [3.8, 4) is 0 Å². The van der Waals surface area contributed by atoms with Crippen LogP contribution in [-0.2, 0) is 4.57 Å². The quantitative estimate of drug-likeness (QED) is 0.619. The van der Waals surface area contributed by atoms with E-state index < -0.39 is 12.7 Å². The average Bonchev–Trinajstić information content (AvgIpc) is 2.08. The van der Waals surface area contributed by atoms with Gasteiger partial charge in [0, 0.05) is 18.0 Å².